The molecule has 0 aromatic heterocycles. The molecule has 0 atom stereocenters. The van der Waals surface area contributed by atoms with Gasteiger partial charge in [0.1, 0.15) is 0 Å². The number of hydrogen-bond acceptors (Lipinski definition) is 7. The summed E-state index contributed by atoms with van der Waals surface area (Å²) >= 11 is 0. The van der Waals surface area contributed by atoms with Gasteiger partial charge in [0, 0.05) is 11.4 Å². The lowest BCUT2D eigenvalue weighted by Gasteiger charge is -2.16. The molecular formula is C18H17N5O3S. The molecule has 8 nitrogen and oxygen atoms in total. The summed E-state index contributed by atoms with van der Waals surface area (Å²) in [4.78, 5) is 4.24. The van der Waals surface area contributed by atoms with Crippen LogP contribution in [0, 0.1) is 5.41 Å². The van der Waals surface area contributed by atoms with Gasteiger partial charge in [0.15, 0.2) is 0 Å². The minimum Gasteiger partial charge on any atom is -0.399 e. The third-order valence-corrected chi connectivity index (χ3v) is 4.61. The van der Waals surface area contributed by atoms with Crippen molar-refractivity contribution in [2.24, 2.45) is 10.7 Å². The van der Waals surface area contributed by atoms with Crippen LogP contribution in [0.25, 0.3) is 0 Å². The van der Waals surface area contributed by atoms with E-state index in [1.54, 1.807) is 30.3 Å². The highest BCUT2D eigenvalue weighted by Crippen LogP contribution is 2.20. The molecule has 0 fully saturated rings. The van der Waals surface area contributed by atoms with Crippen LogP contribution in [0.5, 0.6) is 0 Å². The average molecular weight is 383 g/mol. The van der Waals surface area contributed by atoms with Gasteiger partial charge in [-0.1, -0.05) is 0 Å². The van der Waals surface area contributed by atoms with E-state index < -0.39 is 10.1 Å². The number of nitrogen functional groups attached to an aromatic ring is 1. The summed E-state index contributed by atoms with van der Waals surface area (Å²) in [6.45, 7) is 0. The van der Waals surface area contributed by atoms with Crippen molar-refractivity contribution >= 4 is 38.6 Å². The fraction of sp³-hybridized carbons (Fsp3) is 0. The molecule has 9 heteroatoms. The number of nitrogens with one attached hydrogen (secondary N) is 2. The van der Waals surface area contributed by atoms with Gasteiger partial charge in [-0.05, 0) is 60.7 Å². The third kappa shape index (κ3) is 4.40. The SMILES string of the molecule is N=C1C=C(N)/C(=N\c2ccc(N)cc2)C=C1Nc1ccc(S(=O)(=O)O)cc1. The quantitative estimate of drug-likeness (QED) is 0.310. The Morgan fingerprint density at radius 1 is 0.963 bits per heavy atom. The molecule has 0 saturated carbocycles. The van der Waals surface area contributed by atoms with E-state index in [0.717, 1.165) is 0 Å². The van der Waals surface area contributed by atoms with Crippen molar-refractivity contribution in [1.29, 1.82) is 5.41 Å². The first-order valence-corrected chi connectivity index (χ1v) is 9.23. The van der Waals surface area contributed by atoms with Gasteiger partial charge in [-0.15, -0.1) is 0 Å². The molecule has 27 heavy (non-hydrogen) atoms. The number of hydrogen-bond donors (Lipinski definition) is 5. The van der Waals surface area contributed by atoms with Gasteiger partial charge in [0.25, 0.3) is 10.1 Å². The molecule has 1 aliphatic rings. The molecule has 0 saturated heterocycles. The zero-order valence-electron chi connectivity index (χ0n) is 14.0. The fourth-order valence-electron chi connectivity index (χ4n) is 2.36. The molecule has 7 N–H and O–H groups in total. The molecule has 3 rings (SSSR count). The number of nitrogens with two attached hydrogens (primary N) is 2. The Morgan fingerprint density at radius 3 is 2.19 bits per heavy atom. The molecule has 0 heterocycles. The topological polar surface area (TPSA) is 155 Å². The predicted octanol–water partition coefficient (Wildman–Crippen LogP) is 2.46. The summed E-state index contributed by atoms with van der Waals surface area (Å²) in [5.74, 6) is 0. The first kappa shape index (κ1) is 18.4. The van der Waals surface area contributed by atoms with Gasteiger partial charge in [0.05, 0.1) is 33.4 Å². The third-order valence-electron chi connectivity index (χ3n) is 3.74. The second-order valence-corrected chi connectivity index (χ2v) is 7.21. The average Bonchev–Trinajstić information content (AvgIpc) is 2.60. The van der Waals surface area contributed by atoms with Crippen molar-refractivity contribution in [3.63, 3.8) is 0 Å². The summed E-state index contributed by atoms with van der Waals surface area (Å²) in [5.41, 5.74) is 14.9. The van der Waals surface area contributed by atoms with E-state index in [4.69, 9.17) is 21.4 Å². The van der Waals surface area contributed by atoms with Crippen LogP contribution in [0.1, 0.15) is 0 Å². The van der Waals surface area contributed by atoms with Gasteiger partial charge >= 0.3 is 0 Å². The van der Waals surface area contributed by atoms with E-state index >= 15 is 0 Å². The number of allylic oxidation sites excluding steroid dienone is 2. The summed E-state index contributed by atoms with van der Waals surface area (Å²) in [7, 11) is -4.26. The maximum atomic E-state index is 11.1. The lowest BCUT2D eigenvalue weighted by molar-refractivity contribution is 0.483. The number of aliphatic imine (C=N–C) groups is 1. The monoisotopic (exact) mass is 383 g/mol. The lowest BCUT2D eigenvalue weighted by Crippen LogP contribution is -2.21. The van der Waals surface area contributed by atoms with E-state index in [-0.39, 0.29) is 10.6 Å². The molecule has 2 aromatic rings. The van der Waals surface area contributed by atoms with E-state index in [0.29, 0.717) is 34.2 Å². The Bertz CT molecular complexity index is 1080. The fourth-order valence-corrected chi connectivity index (χ4v) is 2.84. The maximum absolute atomic E-state index is 11.1. The molecule has 0 radical (unpaired) electrons. The minimum atomic E-state index is -4.26. The van der Waals surface area contributed by atoms with Crippen LogP contribution in [0.15, 0.2) is 82.0 Å². The summed E-state index contributed by atoms with van der Waals surface area (Å²) < 4.78 is 31.2. The van der Waals surface area contributed by atoms with Crippen molar-refractivity contribution in [2.45, 2.75) is 4.90 Å². The van der Waals surface area contributed by atoms with Crippen molar-refractivity contribution < 1.29 is 13.0 Å². The minimum absolute atomic E-state index is 0.155. The highest BCUT2D eigenvalue weighted by atomic mass is 32.2. The highest BCUT2D eigenvalue weighted by molar-refractivity contribution is 7.85. The Morgan fingerprint density at radius 2 is 1.59 bits per heavy atom. The Hall–Kier alpha value is -3.43. The van der Waals surface area contributed by atoms with Crippen LogP contribution < -0.4 is 16.8 Å². The van der Waals surface area contributed by atoms with Crippen molar-refractivity contribution in [3.8, 4) is 0 Å². The first-order chi connectivity index (χ1) is 12.7. The van der Waals surface area contributed by atoms with Crippen LogP contribution in [0.3, 0.4) is 0 Å². The lowest BCUT2D eigenvalue weighted by atomic mass is 10.0. The van der Waals surface area contributed by atoms with Crippen molar-refractivity contribution in [3.05, 3.63) is 72.1 Å². The van der Waals surface area contributed by atoms with Gasteiger partial charge in [-0.3, -0.25) is 9.96 Å². The Balaban J connectivity index is 1.88. The molecule has 2 aromatic carbocycles. The molecule has 0 aliphatic heterocycles. The van der Waals surface area contributed by atoms with Gasteiger partial charge in [-0.2, -0.15) is 8.42 Å². The number of anilines is 2. The summed E-state index contributed by atoms with van der Waals surface area (Å²) in [6, 6.07) is 12.4. The second kappa shape index (κ2) is 7.06. The molecule has 0 bridgehead atoms. The molecule has 138 valence electrons. The zero-order chi connectivity index (χ0) is 19.6. The molecule has 1 aliphatic carbocycles. The maximum Gasteiger partial charge on any atom is 0.294 e. The predicted molar refractivity (Wildman–Crippen MR) is 106 cm³/mol. The highest BCUT2D eigenvalue weighted by Gasteiger charge is 2.15. The van der Waals surface area contributed by atoms with E-state index in [1.807, 2.05) is 0 Å². The molecular weight excluding hydrogens is 366 g/mol. The molecule has 0 spiro atoms. The van der Waals surface area contributed by atoms with Gasteiger partial charge in [-0.25, -0.2) is 4.99 Å². The second-order valence-electron chi connectivity index (χ2n) is 5.78. The molecule has 0 amide bonds. The number of benzene rings is 2. The van der Waals surface area contributed by atoms with Gasteiger partial charge in [0.2, 0.25) is 0 Å². The first-order valence-electron chi connectivity index (χ1n) is 7.79. The summed E-state index contributed by atoms with van der Waals surface area (Å²) in [5, 5.41) is 11.1. The van der Waals surface area contributed by atoms with Crippen LogP contribution in [-0.4, -0.2) is 24.4 Å². The smallest absolute Gasteiger partial charge is 0.294 e. The van der Waals surface area contributed by atoms with Gasteiger partial charge < -0.3 is 16.8 Å². The number of rotatable bonds is 4. The Labute approximate surface area is 156 Å². The van der Waals surface area contributed by atoms with E-state index in [9.17, 15) is 8.42 Å². The van der Waals surface area contributed by atoms with Crippen molar-refractivity contribution in [1.82, 2.24) is 0 Å². The normalized spacial score (nSPS) is 16.0. The zero-order valence-corrected chi connectivity index (χ0v) is 14.9. The van der Waals surface area contributed by atoms with E-state index in [2.05, 4.69) is 10.3 Å². The Kier molecular flexibility index (Phi) is 4.80. The molecule has 0 unspecified atom stereocenters. The number of nitrogens with zero attached hydrogens (tertiary/aromatic N) is 1. The van der Waals surface area contributed by atoms with Crippen LogP contribution in [-0.2, 0) is 10.1 Å². The largest absolute Gasteiger partial charge is 0.399 e. The summed E-state index contributed by atoms with van der Waals surface area (Å²) in [6.07, 6.45) is 3.11. The standard InChI is InChI=1S/C18H17N5O3S/c19-11-1-3-12(4-2-11)22-17-10-18(16(21)9-15(17)20)23-13-5-7-14(8-6-13)27(24,25)26/h1-10,21,23H,19-20H2,(H,24,25,26)/b21-16?,22-17-. The van der Waals surface area contributed by atoms with E-state index in [1.165, 1.54) is 30.3 Å². The van der Waals surface area contributed by atoms with Crippen LogP contribution >= 0.6 is 0 Å². The van der Waals surface area contributed by atoms with Crippen LogP contribution in [0.4, 0.5) is 17.1 Å². The van der Waals surface area contributed by atoms with Crippen molar-refractivity contribution in [2.75, 3.05) is 11.1 Å². The van der Waals surface area contributed by atoms with Crippen LogP contribution in [0.2, 0.25) is 0 Å².